The number of carbonyl (C=O) groups is 1. The molecule has 10 heteroatoms. The van der Waals surface area contributed by atoms with Crippen LogP contribution in [0.5, 0.6) is 0 Å². The number of amides is 1. The third kappa shape index (κ3) is 4.78. The Kier molecular flexibility index (Phi) is 6.60. The quantitative estimate of drug-likeness (QED) is 0.430. The molecule has 0 spiro atoms. The zero-order chi connectivity index (χ0) is 20.9. The van der Waals surface area contributed by atoms with Gasteiger partial charge >= 0.3 is 0 Å². The molecule has 2 rings (SSSR count). The molecule has 0 heterocycles. The smallest absolute Gasteiger partial charge is 0.267 e. The molecule has 2 aromatic carbocycles. The van der Waals surface area contributed by atoms with E-state index >= 15 is 0 Å². The number of sulfonamides is 1. The van der Waals surface area contributed by atoms with Crippen LogP contribution < -0.4 is 5.43 Å². The molecular weight excluding hydrogens is 384 g/mol. The van der Waals surface area contributed by atoms with E-state index in [4.69, 9.17) is 0 Å². The van der Waals surface area contributed by atoms with Crippen LogP contribution >= 0.6 is 0 Å². The zero-order valence-electron chi connectivity index (χ0n) is 15.6. The number of nitrogens with zero attached hydrogens (tertiary/aromatic N) is 3. The largest absolute Gasteiger partial charge is 0.273 e. The average molecular weight is 404 g/mol. The highest BCUT2D eigenvalue weighted by Crippen LogP contribution is 2.20. The van der Waals surface area contributed by atoms with E-state index in [0.717, 1.165) is 4.31 Å². The minimum Gasteiger partial charge on any atom is -0.267 e. The van der Waals surface area contributed by atoms with Crippen LogP contribution in [0.2, 0.25) is 0 Å². The molecule has 28 heavy (non-hydrogen) atoms. The van der Waals surface area contributed by atoms with Gasteiger partial charge in [-0.3, -0.25) is 14.9 Å². The first kappa shape index (κ1) is 21.2. The number of carbonyl (C=O) groups excluding carboxylic acids is 1. The van der Waals surface area contributed by atoms with Crippen LogP contribution in [0, 0.1) is 10.1 Å². The highest BCUT2D eigenvalue weighted by Gasteiger charge is 2.18. The second-order valence-corrected chi connectivity index (χ2v) is 8.17. The highest BCUT2D eigenvalue weighted by atomic mass is 32.2. The fourth-order valence-corrected chi connectivity index (χ4v) is 3.32. The number of nitro benzene ring substituents is 1. The van der Waals surface area contributed by atoms with E-state index in [2.05, 4.69) is 10.5 Å². The molecular formula is C18H20N4O5S. The number of nitro groups is 1. The number of hydrogen-bond acceptors (Lipinski definition) is 6. The molecule has 0 saturated carbocycles. The standard InChI is InChI=1S/C18H20N4O5S/c1-4-14-9-8-13(10-17(14)22(24)25)12-19-20-18(23)15-6-5-7-16(11-15)28(26,27)21(2)3/h5-12H,4H2,1-3H3,(H,20,23)/b19-12-. The van der Waals surface area contributed by atoms with Crippen LogP contribution in [-0.2, 0) is 16.4 Å². The number of rotatable bonds is 7. The summed E-state index contributed by atoms with van der Waals surface area (Å²) in [5, 5.41) is 14.9. The molecule has 2 aromatic rings. The van der Waals surface area contributed by atoms with Gasteiger partial charge in [0.05, 0.1) is 16.0 Å². The molecule has 0 atom stereocenters. The van der Waals surface area contributed by atoms with E-state index in [1.54, 1.807) is 12.1 Å². The van der Waals surface area contributed by atoms with Crippen molar-refractivity contribution in [3.8, 4) is 0 Å². The summed E-state index contributed by atoms with van der Waals surface area (Å²) in [5.74, 6) is -0.605. The Morgan fingerprint density at radius 1 is 1.25 bits per heavy atom. The number of aryl methyl sites for hydroxylation is 1. The molecule has 148 valence electrons. The first-order chi connectivity index (χ1) is 13.2. The Balaban J connectivity index is 2.17. The maximum Gasteiger partial charge on any atom is 0.273 e. The van der Waals surface area contributed by atoms with Crippen LogP contribution in [0.25, 0.3) is 0 Å². The molecule has 0 aliphatic carbocycles. The van der Waals surface area contributed by atoms with Gasteiger partial charge in [0, 0.05) is 36.9 Å². The first-order valence-corrected chi connectivity index (χ1v) is 9.74. The summed E-state index contributed by atoms with van der Waals surface area (Å²) in [6.07, 6.45) is 1.81. The number of nitrogens with one attached hydrogen (secondary N) is 1. The molecule has 0 bridgehead atoms. The van der Waals surface area contributed by atoms with Gasteiger partial charge in [0.25, 0.3) is 11.6 Å². The minimum absolute atomic E-state index is 0.0140. The van der Waals surface area contributed by atoms with Crippen molar-refractivity contribution in [2.24, 2.45) is 5.10 Å². The van der Waals surface area contributed by atoms with E-state index in [9.17, 15) is 23.3 Å². The van der Waals surface area contributed by atoms with Crippen molar-refractivity contribution in [2.75, 3.05) is 14.1 Å². The van der Waals surface area contributed by atoms with Crippen molar-refractivity contribution in [2.45, 2.75) is 18.2 Å². The summed E-state index contributed by atoms with van der Waals surface area (Å²) < 4.78 is 25.4. The molecule has 0 aromatic heterocycles. The topological polar surface area (TPSA) is 122 Å². The lowest BCUT2D eigenvalue weighted by atomic mass is 10.1. The monoisotopic (exact) mass is 404 g/mol. The lowest BCUT2D eigenvalue weighted by molar-refractivity contribution is -0.385. The first-order valence-electron chi connectivity index (χ1n) is 8.30. The van der Waals surface area contributed by atoms with Gasteiger partial charge in [0.15, 0.2) is 0 Å². The Morgan fingerprint density at radius 3 is 2.57 bits per heavy atom. The molecule has 0 aliphatic rings. The van der Waals surface area contributed by atoms with Gasteiger partial charge in [-0.2, -0.15) is 5.10 Å². The van der Waals surface area contributed by atoms with Gasteiger partial charge in [0.2, 0.25) is 10.0 Å². The second-order valence-electron chi connectivity index (χ2n) is 6.01. The van der Waals surface area contributed by atoms with Crippen molar-refractivity contribution in [1.29, 1.82) is 0 Å². The molecule has 1 amide bonds. The molecule has 0 radical (unpaired) electrons. The average Bonchev–Trinajstić information content (AvgIpc) is 2.67. The van der Waals surface area contributed by atoms with Crippen molar-refractivity contribution in [1.82, 2.24) is 9.73 Å². The van der Waals surface area contributed by atoms with Gasteiger partial charge in [-0.1, -0.05) is 25.1 Å². The summed E-state index contributed by atoms with van der Waals surface area (Å²) >= 11 is 0. The second kappa shape index (κ2) is 8.72. The SMILES string of the molecule is CCc1ccc(/C=N\NC(=O)c2cccc(S(=O)(=O)N(C)C)c2)cc1[N+](=O)[O-]. The molecule has 0 unspecified atom stereocenters. The Labute approximate surface area is 162 Å². The predicted octanol–water partition coefficient (Wildman–Crippen LogP) is 2.17. The lowest BCUT2D eigenvalue weighted by Crippen LogP contribution is -2.23. The molecule has 0 aliphatic heterocycles. The summed E-state index contributed by atoms with van der Waals surface area (Å²) in [6.45, 7) is 1.82. The molecule has 0 fully saturated rings. The summed E-state index contributed by atoms with van der Waals surface area (Å²) in [6, 6.07) is 10.2. The van der Waals surface area contributed by atoms with Crippen LogP contribution in [0.1, 0.15) is 28.4 Å². The Bertz CT molecular complexity index is 1030. The molecule has 0 saturated heterocycles. The lowest BCUT2D eigenvalue weighted by Gasteiger charge is -2.11. The van der Waals surface area contributed by atoms with Crippen LogP contribution in [0.15, 0.2) is 52.5 Å². The van der Waals surface area contributed by atoms with Gasteiger partial charge in [-0.15, -0.1) is 0 Å². The van der Waals surface area contributed by atoms with Crippen LogP contribution in [0.4, 0.5) is 5.69 Å². The molecule has 9 nitrogen and oxygen atoms in total. The fourth-order valence-electron chi connectivity index (χ4n) is 2.37. The summed E-state index contributed by atoms with van der Waals surface area (Å²) in [4.78, 5) is 22.8. The van der Waals surface area contributed by atoms with Gasteiger partial charge in [-0.25, -0.2) is 18.1 Å². The van der Waals surface area contributed by atoms with Crippen molar-refractivity contribution in [3.05, 3.63) is 69.3 Å². The van der Waals surface area contributed by atoms with Gasteiger partial charge in [0.1, 0.15) is 0 Å². The minimum atomic E-state index is -3.66. The Hall–Kier alpha value is -3.11. The maximum absolute atomic E-state index is 12.2. The summed E-state index contributed by atoms with van der Waals surface area (Å²) in [7, 11) is -0.869. The van der Waals surface area contributed by atoms with Crippen LogP contribution in [-0.4, -0.2) is 43.9 Å². The van der Waals surface area contributed by atoms with E-state index in [0.29, 0.717) is 17.5 Å². The van der Waals surface area contributed by atoms with Gasteiger partial charge in [-0.05, 0) is 24.6 Å². The zero-order valence-corrected chi connectivity index (χ0v) is 16.4. The number of hydrogen-bond donors (Lipinski definition) is 1. The van der Waals surface area contributed by atoms with E-state index in [1.807, 2.05) is 6.92 Å². The highest BCUT2D eigenvalue weighted by molar-refractivity contribution is 7.89. The van der Waals surface area contributed by atoms with E-state index in [-0.39, 0.29) is 16.1 Å². The summed E-state index contributed by atoms with van der Waals surface area (Å²) in [5.41, 5.74) is 3.44. The number of hydrazone groups is 1. The van der Waals surface area contributed by atoms with Crippen molar-refractivity contribution >= 4 is 27.8 Å². The van der Waals surface area contributed by atoms with Crippen LogP contribution in [0.3, 0.4) is 0 Å². The van der Waals surface area contributed by atoms with Crippen molar-refractivity contribution in [3.63, 3.8) is 0 Å². The third-order valence-corrected chi connectivity index (χ3v) is 5.75. The normalized spacial score (nSPS) is 11.7. The maximum atomic E-state index is 12.2. The third-order valence-electron chi connectivity index (χ3n) is 3.94. The number of benzene rings is 2. The molecule has 1 N–H and O–H groups in total. The van der Waals surface area contributed by atoms with E-state index in [1.165, 1.54) is 50.6 Å². The van der Waals surface area contributed by atoms with Crippen molar-refractivity contribution < 1.29 is 18.1 Å². The fraction of sp³-hybridized carbons (Fsp3) is 0.222. The Morgan fingerprint density at radius 2 is 1.96 bits per heavy atom. The predicted molar refractivity (Wildman–Crippen MR) is 105 cm³/mol. The van der Waals surface area contributed by atoms with E-state index < -0.39 is 20.9 Å². The van der Waals surface area contributed by atoms with Gasteiger partial charge < -0.3 is 0 Å².